The predicted molar refractivity (Wildman–Crippen MR) is 113 cm³/mol. The molecule has 0 unspecified atom stereocenters. The van der Waals surface area contributed by atoms with Gasteiger partial charge < -0.3 is 4.90 Å². The third-order valence-electron chi connectivity index (χ3n) is 4.94. The van der Waals surface area contributed by atoms with Crippen molar-refractivity contribution < 1.29 is 13.2 Å². The largest absolute Gasteiger partial charge is 0.312 e. The van der Waals surface area contributed by atoms with Gasteiger partial charge in [0.25, 0.3) is 0 Å². The zero-order chi connectivity index (χ0) is 20.3. The molecule has 0 bridgehead atoms. The highest BCUT2D eigenvalue weighted by molar-refractivity contribution is 7.89. The van der Waals surface area contributed by atoms with Crippen LogP contribution >= 0.6 is 11.3 Å². The molecule has 3 aromatic rings. The smallest absolute Gasteiger partial charge is 0.241 e. The van der Waals surface area contributed by atoms with Gasteiger partial charge in [0.05, 0.1) is 10.9 Å². The number of pyridine rings is 1. The first-order valence-corrected chi connectivity index (χ1v) is 11.8. The highest BCUT2D eigenvalue weighted by Crippen LogP contribution is 2.25. The van der Waals surface area contributed by atoms with Crippen molar-refractivity contribution in [2.24, 2.45) is 0 Å². The maximum atomic E-state index is 13.0. The standard InChI is InChI=1S/C21H21N3O3S2/c25-21-4-2-11-24(21)18-5-7-19(8-6-18)29(26,27)23-20(13-16-9-12-28-15-16)17-3-1-10-22-14-17/h1,3,5-10,12,14-15,20,23H,2,4,11,13H2/t20-/m1/s1. The Morgan fingerprint density at radius 1 is 1.17 bits per heavy atom. The Labute approximate surface area is 174 Å². The van der Waals surface area contributed by atoms with Crippen LogP contribution in [0.5, 0.6) is 0 Å². The van der Waals surface area contributed by atoms with E-state index >= 15 is 0 Å². The Morgan fingerprint density at radius 2 is 2.00 bits per heavy atom. The molecular formula is C21H21N3O3S2. The molecule has 1 aliphatic heterocycles. The van der Waals surface area contributed by atoms with E-state index in [1.807, 2.05) is 22.9 Å². The Kier molecular flexibility index (Phi) is 5.75. The highest BCUT2D eigenvalue weighted by atomic mass is 32.2. The van der Waals surface area contributed by atoms with Gasteiger partial charge in [-0.25, -0.2) is 13.1 Å². The molecule has 1 saturated heterocycles. The molecule has 1 fully saturated rings. The third-order valence-corrected chi connectivity index (χ3v) is 7.16. The summed E-state index contributed by atoms with van der Waals surface area (Å²) in [5, 5.41) is 3.99. The Hall–Kier alpha value is -2.55. The van der Waals surface area contributed by atoms with E-state index in [2.05, 4.69) is 9.71 Å². The Bertz CT molecular complexity index is 1070. The third kappa shape index (κ3) is 4.55. The molecule has 1 N–H and O–H groups in total. The summed E-state index contributed by atoms with van der Waals surface area (Å²) < 4.78 is 28.9. The van der Waals surface area contributed by atoms with E-state index in [0.717, 1.165) is 23.2 Å². The van der Waals surface area contributed by atoms with Crippen LogP contribution in [0.1, 0.15) is 30.0 Å². The number of carbonyl (C=O) groups excluding carboxylic acids is 1. The topological polar surface area (TPSA) is 79.4 Å². The van der Waals surface area contributed by atoms with Crippen molar-refractivity contribution in [3.05, 3.63) is 76.7 Å². The van der Waals surface area contributed by atoms with E-state index in [9.17, 15) is 13.2 Å². The fourth-order valence-corrected chi connectivity index (χ4v) is 5.34. The van der Waals surface area contributed by atoms with Crippen LogP contribution in [0.15, 0.2) is 70.5 Å². The van der Waals surface area contributed by atoms with Crippen LogP contribution in [0, 0.1) is 0 Å². The van der Waals surface area contributed by atoms with Gasteiger partial charge in [0.2, 0.25) is 15.9 Å². The molecule has 2 aromatic heterocycles. The first-order chi connectivity index (χ1) is 14.0. The van der Waals surface area contributed by atoms with Crippen molar-refractivity contribution in [3.8, 4) is 0 Å². The van der Waals surface area contributed by atoms with Crippen molar-refractivity contribution in [1.82, 2.24) is 9.71 Å². The number of aromatic nitrogens is 1. The minimum absolute atomic E-state index is 0.0751. The lowest BCUT2D eigenvalue weighted by Gasteiger charge is -2.19. The number of nitrogens with zero attached hydrogens (tertiary/aromatic N) is 2. The number of hydrogen-bond acceptors (Lipinski definition) is 5. The first kappa shape index (κ1) is 19.8. The number of hydrogen-bond donors (Lipinski definition) is 1. The molecule has 0 spiro atoms. The zero-order valence-electron chi connectivity index (χ0n) is 15.7. The number of benzene rings is 1. The lowest BCUT2D eigenvalue weighted by Crippen LogP contribution is -2.30. The summed E-state index contributed by atoms with van der Waals surface area (Å²) in [4.78, 5) is 17.9. The summed E-state index contributed by atoms with van der Waals surface area (Å²) in [7, 11) is -3.74. The molecule has 1 atom stereocenters. The van der Waals surface area contributed by atoms with Gasteiger partial charge in [-0.2, -0.15) is 11.3 Å². The van der Waals surface area contributed by atoms with Crippen LogP contribution in [0.4, 0.5) is 5.69 Å². The summed E-state index contributed by atoms with van der Waals surface area (Å²) in [5.74, 6) is 0.0751. The van der Waals surface area contributed by atoms with E-state index in [1.54, 1.807) is 59.0 Å². The molecule has 6 nitrogen and oxygen atoms in total. The van der Waals surface area contributed by atoms with Gasteiger partial charge in [0.15, 0.2) is 0 Å². The van der Waals surface area contributed by atoms with Crippen molar-refractivity contribution in [2.45, 2.75) is 30.2 Å². The number of anilines is 1. The average Bonchev–Trinajstić information content (AvgIpc) is 3.40. The van der Waals surface area contributed by atoms with Gasteiger partial charge in [-0.1, -0.05) is 6.07 Å². The van der Waals surface area contributed by atoms with Gasteiger partial charge in [-0.3, -0.25) is 9.78 Å². The number of amides is 1. The van der Waals surface area contributed by atoms with E-state index in [4.69, 9.17) is 0 Å². The lowest BCUT2D eigenvalue weighted by molar-refractivity contribution is -0.117. The molecular weight excluding hydrogens is 406 g/mol. The van der Waals surface area contributed by atoms with Crippen LogP contribution in [0.2, 0.25) is 0 Å². The second-order valence-corrected chi connectivity index (χ2v) is 9.43. The molecule has 1 aliphatic rings. The number of rotatable bonds is 7. The zero-order valence-corrected chi connectivity index (χ0v) is 17.3. The van der Waals surface area contributed by atoms with Gasteiger partial charge in [-0.05, 0) is 71.1 Å². The minimum atomic E-state index is -3.74. The number of nitrogens with one attached hydrogen (secondary N) is 1. The quantitative estimate of drug-likeness (QED) is 0.626. The van der Waals surface area contributed by atoms with Crippen molar-refractivity contribution >= 4 is 33.0 Å². The van der Waals surface area contributed by atoms with Gasteiger partial charge in [0, 0.05) is 31.0 Å². The van der Waals surface area contributed by atoms with Crippen molar-refractivity contribution in [3.63, 3.8) is 0 Å². The summed E-state index contributed by atoms with van der Waals surface area (Å²) in [6.07, 6.45) is 5.25. The summed E-state index contributed by atoms with van der Waals surface area (Å²) in [5.41, 5.74) is 2.60. The Balaban J connectivity index is 1.57. The SMILES string of the molecule is O=C1CCCN1c1ccc(S(=O)(=O)N[C@H](Cc2ccsc2)c2cccnc2)cc1. The van der Waals surface area contributed by atoms with Crippen LogP contribution in [-0.4, -0.2) is 25.9 Å². The summed E-state index contributed by atoms with van der Waals surface area (Å²) in [6.45, 7) is 0.674. The van der Waals surface area contributed by atoms with Crippen LogP contribution < -0.4 is 9.62 Å². The molecule has 1 aromatic carbocycles. The van der Waals surface area contributed by atoms with Gasteiger partial charge in [0.1, 0.15) is 0 Å². The minimum Gasteiger partial charge on any atom is -0.312 e. The fraction of sp³-hybridized carbons (Fsp3) is 0.238. The summed E-state index contributed by atoms with van der Waals surface area (Å²) in [6, 6.07) is 11.7. The van der Waals surface area contributed by atoms with Crippen LogP contribution in [-0.2, 0) is 21.2 Å². The number of carbonyl (C=O) groups is 1. The molecule has 3 heterocycles. The molecule has 0 aliphatic carbocycles. The first-order valence-electron chi connectivity index (χ1n) is 9.37. The molecule has 29 heavy (non-hydrogen) atoms. The fourth-order valence-electron chi connectivity index (χ4n) is 3.44. The number of thiophene rings is 1. The normalized spacial score (nSPS) is 15.6. The van der Waals surface area contributed by atoms with E-state index in [0.29, 0.717) is 19.4 Å². The van der Waals surface area contributed by atoms with Crippen molar-refractivity contribution in [2.75, 3.05) is 11.4 Å². The van der Waals surface area contributed by atoms with Crippen molar-refractivity contribution in [1.29, 1.82) is 0 Å². The predicted octanol–water partition coefficient (Wildman–Crippen LogP) is 3.53. The molecule has 0 saturated carbocycles. The molecule has 4 rings (SSSR count). The molecule has 8 heteroatoms. The maximum Gasteiger partial charge on any atom is 0.241 e. The highest BCUT2D eigenvalue weighted by Gasteiger charge is 2.24. The number of sulfonamides is 1. The monoisotopic (exact) mass is 427 g/mol. The van der Waals surface area contributed by atoms with Crippen LogP contribution in [0.25, 0.3) is 0 Å². The molecule has 0 radical (unpaired) electrons. The molecule has 150 valence electrons. The van der Waals surface area contributed by atoms with E-state index in [1.165, 1.54) is 0 Å². The second-order valence-electron chi connectivity index (χ2n) is 6.94. The second kappa shape index (κ2) is 8.44. The summed E-state index contributed by atoms with van der Waals surface area (Å²) >= 11 is 1.58. The van der Waals surface area contributed by atoms with Gasteiger partial charge >= 0.3 is 0 Å². The van der Waals surface area contributed by atoms with E-state index in [-0.39, 0.29) is 10.8 Å². The van der Waals surface area contributed by atoms with Gasteiger partial charge in [-0.15, -0.1) is 0 Å². The Morgan fingerprint density at radius 3 is 2.62 bits per heavy atom. The van der Waals surface area contributed by atoms with E-state index < -0.39 is 16.1 Å². The van der Waals surface area contributed by atoms with Crippen LogP contribution in [0.3, 0.4) is 0 Å². The lowest BCUT2D eigenvalue weighted by atomic mass is 10.0. The maximum absolute atomic E-state index is 13.0. The molecule has 1 amide bonds. The average molecular weight is 428 g/mol.